The normalized spacial score (nSPS) is 20.5. The van der Waals surface area contributed by atoms with E-state index >= 15 is 0 Å². The number of phenolic OH excluding ortho intramolecular Hbond substituents is 1. The second-order valence-electron chi connectivity index (χ2n) is 10.4. The number of ether oxygens (including phenoxy) is 7. The molecule has 17 nitrogen and oxygen atoms in total. The number of benzene rings is 2. The summed E-state index contributed by atoms with van der Waals surface area (Å²) in [7, 11) is 0. The highest BCUT2D eigenvalue weighted by Gasteiger charge is 2.52. The molecule has 1 aromatic heterocycles. The van der Waals surface area contributed by atoms with E-state index in [-0.39, 0.29) is 32.1 Å². The maximum Gasteiger partial charge on any atom is 0.303 e. The van der Waals surface area contributed by atoms with Crippen molar-refractivity contribution in [3.8, 4) is 11.5 Å². The Kier molecular flexibility index (Phi) is 12.5. The Bertz CT molecular complexity index is 1580. The largest absolute Gasteiger partial charge is 0.508 e. The molecule has 1 aliphatic rings. The molecule has 0 unspecified atom stereocenters. The fourth-order valence-corrected chi connectivity index (χ4v) is 4.50. The van der Waals surface area contributed by atoms with Gasteiger partial charge in [-0.3, -0.25) is 19.2 Å². The van der Waals surface area contributed by atoms with Gasteiger partial charge in [0.15, 0.2) is 24.6 Å². The zero-order valence-electron chi connectivity index (χ0n) is 26.6. The lowest BCUT2D eigenvalue weighted by molar-refractivity contribution is -0.308. The number of azo groups is 1. The van der Waals surface area contributed by atoms with Gasteiger partial charge in [-0.2, -0.15) is 10.2 Å². The van der Waals surface area contributed by atoms with E-state index in [1.165, 1.54) is 23.7 Å². The highest BCUT2D eigenvalue weighted by molar-refractivity contribution is 5.68. The van der Waals surface area contributed by atoms with Crippen LogP contribution in [0.15, 0.2) is 65.0 Å². The molecule has 48 heavy (non-hydrogen) atoms. The average Bonchev–Trinajstić information content (AvgIpc) is 3.49. The summed E-state index contributed by atoms with van der Waals surface area (Å²) >= 11 is 0. The summed E-state index contributed by atoms with van der Waals surface area (Å²) in [4.78, 5) is 47.4. The first kappa shape index (κ1) is 35.4. The van der Waals surface area contributed by atoms with Gasteiger partial charge < -0.3 is 38.3 Å². The minimum absolute atomic E-state index is 0.0302. The number of esters is 4. The SMILES string of the molecule is CC(=O)OC[C@H]1O[C@H](OCCn2cc(COc3ccc(N=Nc4ccc(O)cc4)cc3)nn2)[C@@H](OC(C)=O)[C@@H](OC(C)=O)[C@@H]1OC(C)=O. The Hall–Kier alpha value is -5.42. The molecule has 0 bridgehead atoms. The molecule has 3 aromatic rings. The number of carbonyl (C=O) groups excluding carboxylic acids is 4. The van der Waals surface area contributed by atoms with Crippen LogP contribution in [0.5, 0.6) is 11.5 Å². The van der Waals surface area contributed by atoms with Crippen molar-refractivity contribution in [2.75, 3.05) is 13.2 Å². The van der Waals surface area contributed by atoms with Crippen LogP contribution < -0.4 is 4.74 Å². The van der Waals surface area contributed by atoms with Crippen molar-refractivity contribution in [2.24, 2.45) is 10.2 Å². The number of nitrogens with zero attached hydrogens (tertiary/aromatic N) is 5. The molecular formula is C31H35N5O12. The molecule has 0 amide bonds. The van der Waals surface area contributed by atoms with E-state index in [4.69, 9.17) is 33.2 Å². The van der Waals surface area contributed by atoms with Crippen LogP contribution in [0.1, 0.15) is 33.4 Å². The Morgan fingerprint density at radius 2 is 1.40 bits per heavy atom. The zero-order chi connectivity index (χ0) is 34.6. The van der Waals surface area contributed by atoms with Gasteiger partial charge >= 0.3 is 23.9 Å². The van der Waals surface area contributed by atoms with Gasteiger partial charge in [0.2, 0.25) is 0 Å². The summed E-state index contributed by atoms with van der Waals surface area (Å²) < 4.78 is 40.3. The lowest BCUT2D eigenvalue weighted by Gasteiger charge is -2.44. The number of aromatic nitrogens is 3. The second kappa shape index (κ2) is 16.9. The first-order valence-corrected chi connectivity index (χ1v) is 14.7. The van der Waals surface area contributed by atoms with Gasteiger partial charge in [-0.25, -0.2) is 4.68 Å². The molecule has 1 fully saturated rings. The summed E-state index contributed by atoms with van der Waals surface area (Å²) in [6.07, 6.45) is -4.72. The molecule has 256 valence electrons. The van der Waals surface area contributed by atoms with Crippen molar-refractivity contribution in [3.05, 3.63) is 60.4 Å². The molecule has 0 saturated carbocycles. The lowest BCUT2D eigenvalue weighted by Crippen LogP contribution is -2.63. The highest BCUT2D eigenvalue weighted by Crippen LogP contribution is 2.30. The predicted octanol–water partition coefficient (Wildman–Crippen LogP) is 3.08. The number of hydrogen-bond donors (Lipinski definition) is 1. The standard InChI is InChI=1S/C31H35N5O12/c1-18(37)43-17-27-28(45-19(2)38)29(46-20(3)39)30(47-21(4)40)31(48-27)42-14-13-36-15-24(34-35-36)16-44-26-11-7-23(8-12-26)33-32-22-5-9-25(41)10-6-22/h5-12,15,27-31,41H,13-14,16-17H2,1-4H3/t27-,28-,29+,30+,31+/m1/s1. The first-order chi connectivity index (χ1) is 23.0. The van der Waals surface area contributed by atoms with Gasteiger partial charge in [0, 0.05) is 27.7 Å². The van der Waals surface area contributed by atoms with Crippen molar-refractivity contribution in [1.29, 1.82) is 0 Å². The van der Waals surface area contributed by atoms with E-state index in [1.54, 1.807) is 42.6 Å². The van der Waals surface area contributed by atoms with Crippen molar-refractivity contribution in [1.82, 2.24) is 15.0 Å². The molecule has 4 rings (SSSR count). The Morgan fingerprint density at radius 1 is 0.812 bits per heavy atom. The topological polar surface area (TPSA) is 209 Å². The molecule has 1 saturated heterocycles. The van der Waals surface area contributed by atoms with Crippen LogP contribution in [-0.4, -0.2) is 87.9 Å². The van der Waals surface area contributed by atoms with Crippen LogP contribution in [-0.2, 0) is 60.8 Å². The molecule has 2 aromatic carbocycles. The number of hydrogen-bond acceptors (Lipinski definition) is 16. The molecule has 5 atom stereocenters. The van der Waals surface area contributed by atoms with Crippen LogP contribution in [0.4, 0.5) is 11.4 Å². The Labute approximate surface area is 274 Å². The summed E-state index contributed by atoms with van der Waals surface area (Å²) in [6, 6.07) is 13.3. The second-order valence-corrected chi connectivity index (χ2v) is 10.4. The van der Waals surface area contributed by atoms with Gasteiger partial charge in [0.1, 0.15) is 36.5 Å². The van der Waals surface area contributed by atoms with E-state index in [1.807, 2.05) is 0 Å². The molecule has 2 heterocycles. The quantitative estimate of drug-likeness (QED) is 0.149. The summed E-state index contributed by atoms with van der Waals surface area (Å²) in [5, 5.41) is 25.8. The minimum atomic E-state index is -1.33. The molecule has 0 aliphatic carbocycles. The smallest absolute Gasteiger partial charge is 0.303 e. The fraction of sp³-hybridized carbons (Fsp3) is 0.419. The predicted molar refractivity (Wildman–Crippen MR) is 161 cm³/mol. The Balaban J connectivity index is 1.34. The van der Waals surface area contributed by atoms with Crippen LogP contribution in [0.3, 0.4) is 0 Å². The van der Waals surface area contributed by atoms with Gasteiger partial charge in [0.25, 0.3) is 0 Å². The fourth-order valence-electron chi connectivity index (χ4n) is 4.50. The molecular weight excluding hydrogens is 634 g/mol. The van der Waals surface area contributed by atoms with Gasteiger partial charge in [0.05, 0.1) is 30.7 Å². The monoisotopic (exact) mass is 669 g/mol. The minimum Gasteiger partial charge on any atom is -0.508 e. The molecule has 1 N–H and O–H groups in total. The van der Waals surface area contributed by atoms with Gasteiger partial charge in [-0.1, -0.05) is 5.21 Å². The van der Waals surface area contributed by atoms with Crippen LogP contribution in [0.2, 0.25) is 0 Å². The van der Waals surface area contributed by atoms with E-state index in [9.17, 15) is 24.3 Å². The number of carbonyl (C=O) groups is 4. The Morgan fingerprint density at radius 3 is 2.00 bits per heavy atom. The van der Waals surface area contributed by atoms with Crippen molar-refractivity contribution < 1.29 is 57.4 Å². The number of rotatable bonds is 14. The molecule has 1 aliphatic heterocycles. The molecule has 17 heteroatoms. The number of phenols is 1. The van der Waals surface area contributed by atoms with E-state index < -0.39 is 54.6 Å². The average molecular weight is 670 g/mol. The van der Waals surface area contributed by atoms with E-state index in [2.05, 4.69) is 20.5 Å². The molecule has 0 radical (unpaired) electrons. The van der Waals surface area contributed by atoms with Gasteiger partial charge in [-0.15, -0.1) is 5.10 Å². The highest BCUT2D eigenvalue weighted by atomic mass is 16.7. The van der Waals surface area contributed by atoms with E-state index in [0.717, 1.165) is 20.8 Å². The maximum absolute atomic E-state index is 12.0. The maximum atomic E-state index is 12.0. The lowest BCUT2D eigenvalue weighted by atomic mass is 9.98. The van der Waals surface area contributed by atoms with Crippen LogP contribution in [0.25, 0.3) is 0 Å². The van der Waals surface area contributed by atoms with Gasteiger partial charge in [-0.05, 0) is 48.5 Å². The number of aromatic hydroxyl groups is 1. The van der Waals surface area contributed by atoms with Crippen molar-refractivity contribution >= 4 is 35.3 Å². The molecule has 0 spiro atoms. The third-order valence-corrected chi connectivity index (χ3v) is 6.49. The summed E-state index contributed by atoms with van der Waals surface area (Å²) in [5.74, 6) is -2.12. The van der Waals surface area contributed by atoms with Crippen molar-refractivity contribution in [2.45, 2.75) is 71.6 Å². The van der Waals surface area contributed by atoms with Crippen LogP contribution >= 0.6 is 0 Å². The third-order valence-electron chi connectivity index (χ3n) is 6.49. The third kappa shape index (κ3) is 10.8. The summed E-state index contributed by atoms with van der Waals surface area (Å²) in [6.45, 7) is 4.51. The van der Waals surface area contributed by atoms with Crippen LogP contribution in [0, 0.1) is 0 Å². The zero-order valence-corrected chi connectivity index (χ0v) is 26.6. The first-order valence-electron chi connectivity index (χ1n) is 14.7. The van der Waals surface area contributed by atoms with Crippen molar-refractivity contribution in [3.63, 3.8) is 0 Å². The summed E-state index contributed by atoms with van der Waals surface area (Å²) in [5.41, 5.74) is 1.73. The van der Waals surface area contributed by atoms with E-state index in [0.29, 0.717) is 22.8 Å².